The average Bonchev–Trinajstić information content (AvgIpc) is 3.37. The normalized spacial score (nSPS) is 15.2. The topological polar surface area (TPSA) is 160 Å². The molecular formula is C31H32F4N4O8S. The molecule has 0 saturated carbocycles. The van der Waals surface area contributed by atoms with Gasteiger partial charge >= 0.3 is 21.7 Å². The monoisotopic (exact) mass is 696 g/mol. The standard InChI is InChI=1S/C31H32F4N4O8S/c1-17(40)38-11-9-19(10-12-38)36-16-20(41)15-22-27-21-5-3-4-6-25(21)39(30(42)43)28(27)24(14-18-7-8-26(46-2)23(32)13-18)37-29(22)47-48(44,45)31(33,34)35/h3-8,13,19-20,36,41H,9-12,14-16H2,1-2H3,(H,42,43). The molecule has 1 unspecified atom stereocenters. The predicted octanol–water partition coefficient (Wildman–Crippen LogP) is 4.19. The van der Waals surface area contributed by atoms with E-state index in [0.717, 1.165) is 10.6 Å². The van der Waals surface area contributed by atoms with Gasteiger partial charge in [-0.1, -0.05) is 24.3 Å². The van der Waals surface area contributed by atoms with Gasteiger partial charge in [-0.2, -0.15) is 21.6 Å². The molecule has 1 atom stereocenters. The molecule has 5 rings (SSSR count). The molecule has 1 aliphatic rings. The molecule has 12 nitrogen and oxygen atoms in total. The molecule has 0 spiro atoms. The lowest BCUT2D eigenvalue weighted by Crippen LogP contribution is -2.46. The van der Waals surface area contributed by atoms with Gasteiger partial charge in [-0.15, -0.1) is 0 Å². The number of aromatic nitrogens is 2. The number of likely N-dealkylation sites (tertiary alicyclic amines) is 1. The molecule has 2 aromatic carbocycles. The first-order valence-corrected chi connectivity index (χ1v) is 16.2. The van der Waals surface area contributed by atoms with Crippen LogP contribution in [-0.2, 0) is 27.8 Å². The summed E-state index contributed by atoms with van der Waals surface area (Å²) in [5.74, 6) is -1.95. The lowest BCUT2D eigenvalue weighted by atomic mass is 9.99. The van der Waals surface area contributed by atoms with Gasteiger partial charge in [0.25, 0.3) is 0 Å². The van der Waals surface area contributed by atoms with Crippen LogP contribution in [0.2, 0.25) is 0 Å². The van der Waals surface area contributed by atoms with Crippen molar-refractivity contribution in [3.63, 3.8) is 0 Å². The smallest absolute Gasteiger partial charge is 0.494 e. The second-order valence-electron chi connectivity index (χ2n) is 11.4. The number of halogens is 4. The summed E-state index contributed by atoms with van der Waals surface area (Å²) in [6, 6.07) is 9.73. The minimum Gasteiger partial charge on any atom is -0.494 e. The number of carbonyl (C=O) groups is 2. The Labute approximate surface area is 272 Å². The molecule has 1 aliphatic heterocycles. The predicted molar refractivity (Wildman–Crippen MR) is 165 cm³/mol. The first-order valence-electron chi connectivity index (χ1n) is 14.8. The Morgan fingerprint density at radius 3 is 2.44 bits per heavy atom. The van der Waals surface area contributed by atoms with Crippen molar-refractivity contribution in [2.24, 2.45) is 0 Å². The van der Waals surface area contributed by atoms with Crippen LogP contribution in [0.3, 0.4) is 0 Å². The molecule has 3 N–H and O–H groups in total. The van der Waals surface area contributed by atoms with Crippen LogP contribution in [0.1, 0.15) is 36.6 Å². The average molecular weight is 697 g/mol. The summed E-state index contributed by atoms with van der Waals surface area (Å²) < 4.78 is 90.4. The van der Waals surface area contributed by atoms with Crippen LogP contribution in [0, 0.1) is 5.82 Å². The Morgan fingerprint density at radius 2 is 1.83 bits per heavy atom. The zero-order valence-corrected chi connectivity index (χ0v) is 26.6. The number of hydrogen-bond donors (Lipinski definition) is 3. The van der Waals surface area contributed by atoms with Gasteiger partial charge in [-0.25, -0.2) is 18.7 Å². The number of piperidine rings is 1. The molecule has 1 saturated heterocycles. The Bertz CT molecular complexity index is 1970. The van der Waals surface area contributed by atoms with Crippen molar-refractivity contribution in [2.75, 3.05) is 26.7 Å². The van der Waals surface area contributed by atoms with Crippen molar-refractivity contribution in [1.29, 1.82) is 0 Å². The highest BCUT2D eigenvalue weighted by Crippen LogP contribution is 2.40. The number of nitrogens with zero attached hydrogens (tertiary/aromatic N) is 3. The molecule has 3 heterocycles. The fourth-order valence-electron chi connectivity index (χ4n) is 5.92. The molecule has 0 radical (unpaired) electrons. The zero-order valence-electron chi connectivity index (χ0n) is 25.8. The number of para-hydroxylation sites is 1. The lowest BCUT2D eigenvalue weighted by molar-refractivity contribution is -0.129. The number of aliphatic hydroxyl groups is 1. The molecule has 0 aliphatic carbocycles. The van der Waals surface area contributed by atoms with E-state index >= 15 is 0 Å². The Morgan fingerprint density at radius 1 is 1.15 bits per heavy atom. The third-order valence-electron chi connectivity index (χ3n) is 8.22. The molecule has 1 fully saturated rings. The molecule has 4 aromatic rings. The molecule has 1 amide bonds. The highest BCUT2D eigenvalue weighted by Gasteiger charge is 2.49. The van der Waals surface area contributed by atoms with Crippen LogP contribution in [-0.4, -0.2) is 89.5 Å². The van der Waals surface area contributed by atoms with Crippen molar-refractivity contribution in [3.05, 3.63) is 65.1 Å². The second kappa shape index (κ2) is 13.6. The van der Waals surface area contributed by atoms with Crippen molar-refractivity contribution >= 4 is 43.9 Å². The minimum atomic E-state index is -6.28. The van der Waals surface area contributed by atoms with E-state index in [2.05, 4.69) is 14.5 Å². The number of carbonyl (C=O) groups excluding carboxylic acids is 1. The van der Waals surface area contributed by atoms with Crippen molar-refractivity contribution in [2.45, 2.75) is 50.3 Å². The molecule has 258 valence electrons. The van der Waals surface area contributed by atoms with Crippen molar-refractivity contribution in [3.8, 4) is 11.6 Å². The number of aliphatic hydroxyl groups excluding tert-OH is 1. The molecule has 0 bridgehead atoms. The largest absolute Gasteiger partial charge is 0.534 e. The number of benzene rings is 2. The van der Waals surface area contributed by atoms with E-state index in [1.165, 1.54) is 44.4 Å². The summed E-state index contributed by atoms with van der Waals surface area (Å²) in [6.07, 6.45) is -2.48. The van der Waals surface area contributed by atoms with Crippen LogP contribution in [0.25, 0.3) is 21.8 Å². The third-order valence-corrected chi connectivity index (χ3v) is 9.16. The summed E-state index contributed by atoms with van der Waals surface area (Å²) >= 11 is 0. The maximum atomic E-state index is 14.6. The van der Waals surface area contributed by atoms with Gasteiger partial charge in [0, 0.05) is 61.8 Å². The molecule has 48 heavy (non-hydrogen) atoms. The third kappa shape index (κ3) is 7.02. The summed E-state index contributed by atoms with van der Waals surface area (Å²) in [6.45, 7) is 2.37. The van der Waals surface area contributed by atoms with Gasteiger partial charge in [0.2, 0.25) is 11.8 Å². The first-order chi connectivity index (χ1) is 22.6. The Hall–Kier alpha value is -4.48. The van der Waals surface area contributed by atoms with E-state index in [1.54, 1.807) is 11.0 Å². The number of ether oxygens (including phenoxy) is 1. The van der Waals surface area contributed by atoms with Gasteiger partial charge < -0.3 is 29.3 Å². The number of fused-ring (bicyclic) bond motifs is 3. The summed E-state index contributed by atoms with van der Waals surface area (Å²) in [4.78, 5) is 30.1. The van der Waals surface area contributed by atoms with Gasteiger partial charge in [0.05, 0.1) is 29.9 Å². The van der Waals surface area contributed by atoms with Gasteiger partial charge in [-0.05, 0) is 36.6 Å². The number of hydrogen-bond acceptors (Lipinski definition) is 9. The van der Waals surface area contributed by atoms with Crippen LogP contribution in [0.5, 0.6) is 11.6 Å². The highest BCUT2D eigenvalue weighted by atomic mass is 32.2. The maximum absolute atomic E-state index is 14.6. The van der Waals surface area contributed by atoms with Crippen molar-refractivity contribution < 1.29 is 54.7 Å². The number of methoxy groups -OCH3 is 1. The second-order valence-corrected chi connectivity index (χ2v) is 12.9. The molecular weight excluding hydrogens is 664 g/mol. The fraction of sp³-hybridized carbons (Fsp3) is 0.387. The van der Waals surface area contributed by atoms with Gasteiger partial charge in [-0.3, -0.25) is 4.79 Å². The van der Waals surface area contributed by atoms with E-state index in [0.29, 0.717) is 25.9 Å². The number of pyridine rings is 1. The van der Waals surface area contributed by atoms with Gasteiger partial charge in [0.15, 0.2) is 11.6 Å². The fourth-order valence-corrected chi connectivity index (χ4v) is 6.36. The van der Waals surface area contributed by atoms with E-state index in [1.807, 2.05) is 0 Å². The number of alkyl halides is 3. The summed E-state index contributed by atoms with van der Waals surface area (Å²) in [7, 11) is -5.03. The van der Waals surface area contributed by atoms with Crippen LogP contribution >= 0.6 is 0 Å². The van der Waals surface area contributed by atoms with E-state index in [4.69, 9.17) is 4.74 Å². The summed E-state index contributed by atoms with van der Waals surface area (Å²) in [5, 5.41) is 24.8. The number of rotatable bonds is 10. The van der Waals surface area contributed by atoms with Gasteiger partial charge in [0.1, 0.15) is 0 Å². The Balaban J connectivity index is 1.65. The lowest BCUT2D eigenvalue weighted by Gasteiger charge is -2.32. The summed E-state index contributed by atoms with van der Waals surface area (Å²) in [5.41, 5.74) is -6.14. The quantitative estimate of drug-likeness (QED) is 0.125. The number of amides is 1. The van der Waals surface area contributed by atoms with E-state index < -0.39 is 45.9 Å². The minimum absolute atomic E-state index is 0.00632. The van der Waals surface area contributed by atoms with E-state index in [9.17, 15) is 45.8 Å². The Kier molecular flexibility index (Phi) is 9.84. The van der Waals surface area contributed by atoms with E-state index in [-0.39, 0.29) is 69.3 Å². The molecule has 2 aromatic heterocycles. The van der Waals surface area contributed by atoms with Crippen LogP contribution in [0.15, 0.2) is 42.5 Å². The number of carboxylic acid groups (broad SMARTS) is 1. The van der Waals surface area contributed by atoms with Crippen LogP contribution in [0.4, 0.5) is 22.4 Å². The first kappa shape index (κ1) is 34.8. The number of nitrogens with one attached hydrogen (secondary N) is 1. The molecule has 17 heteroatoms. The SMILES string of the molecule is COc1ccc(Cc2nc(OS(=O)(=O)C(F)(F)F)c(CC(O)CNC3CCN(C(C)=O)CC3)c3c4ccccc4n(C(=O)O)c23)cc1F. The highest BCUT2D eigenvalue weighted by molar-refractivity contribution is 7.88. The zero-order chi connectivity index (χ0) is 35.0. The maximum Gasteiger partial charge on any atom is 0.534 e. The van der Waals surface area contributed by atoms with Crippen LogP contribution < -0.4 is 14.2 Å². The van der Waals surface area contributed by atoms with Crippen molar-refractivity contribution in [1.82, 2.24) is 19.8 Å².